The second-order valence-corrected chi connectivity index (χ2v) is 10.4. The fourth-order valence-corrected chi connectivity index (χ4v) is 6.14. The van der Waals surface area contributed by atoms with Crippen LogP contribution in [0.25, 0.3) is 0 Å². The summed E-state index contributed by atoms with van der Waals surface area (Å²) in [6.45, 7) is 5.39. The van der Waals surface area contributed by atoms with Crippen LogP contribution in [0.4, 0.5) is 10.8 Å². The van der Waals surface area contributed by atoms with E-state index in [0.717, 1.165) is 22.5 Å². The van der Waals surface area contributed by atoms with E-state index in [4.69, 9.17) is 4.74 Å². The number of hydrogen-bond donors (Lipinski definition) is 1. The normalized spacial score (nSPS) is 16.6. The summed E-state index contributed by atoms with van der Waals surface area (Å²) in [7, 11) is -3.91. The number of benzene rings is 2. The molecule has 8 nitrogen and oxygen atoms in total. The summed E-state index contributed by atoms with van der Waals surface area (Å²) in [6, 6.07) is 14.5. The molecule has 162 valence electrons. The van der Waals surface area contributed by atoms with Crippen molar-refractivity contribution in [2.75, 3.05) is 9.62 Å². The first-order chi connectivity index (χ1) is 14.8. The van der Waals surface area contributed by atoms with Gasteiger partial charge < -0.3 is 4.74 Å². The molecule has 0 radical (unpaired) electrons. The molecular weight excluding hydrogens is 436 g/mol. The lowest BCUT2D eigenvalue weighted by molar-refractivity contribution is -0.122. The molecule has 0 spiro atoms. The summed E-state index contributed by atoms with van der Waals surface area (Å²) in [5.74, 6) is 0.113. The summed E-state index contributed by atoms with van der Waals surface area (Å²) in [5, 5.41) is 10.4. The number of ether oxygens (including phenoxy) is 1. The van der Waals surface area contributed by atoms with E-state index in [2.05, 4.69) is 15.5 Å². The van der Waals surface area contributed by atoms with Crippen molar-refractivity contribution in [1.29, 1.82) is 0 Å². The average Bonchev–Trinajstić information content (AvgIpc) is 3.32. The summed E-state index contributed by atoms with van der Waals surface area (Å²) >= 11 is 0.820. The Kier molecular flexibility index (Phi) is 5.67. The minimum absolute atomic E-state index is 0.100. The predicted molar refractivity (Wildman–Crippen MR) is 119 cm³/mol. The zero-order chi connectivity index (χ0) is 22.2. The van der Waals surface area contributed by atoms with Crippen LogP contribution in [0.15, 0.2) is 52.9 Å². The molecule has 1 N–H and O–H groups in total. The molecule has 0 aliphatic carbocycles. The van der Waals surface area contributed by atoms with Gasteiger partial charge >= 0.3 is 0 Å². The Bertz CT molecular complexity index is 1210. The largest absolute Gasteiger partial charge is 0.481 e. The van der Waals surface area contributed by atoms with Crippen molar-refractivity contribution in [3.05, 3.63) is 59.7 Å². The highest BCUT2D eigenvalue weighted by Gasteiger charge is 2.38. The van der Waals surface area contributed by atoms with Crippen molar-refractivity contribution in [2.45, 2.75) is 43.7 Å². The van der Waals surface area contributed by atoms with Crippen LogP contribution in [-0.2, 0) is 21.2 Å². The van der Waals surface area contributed by atoms with Gasteiger partial charge in [-0.15, -0.1) is 10.2 Å². The minimum Gasteiger partial charge on any atom is -0.481 e. The summed E-state index contributed by atoms with van der Waals surface area (Å²) in [4.78, 5) is 12.4. The van der Waals surface area contributed by atoms with Crippen LogP contribution in [0.1, 0.15) is 25.0 Å². The van der Waals surface area contributed by atoms with Crippen LogP contribution < -0.4 is 14.4 Å². The van der Waals surface area contributed by atoms with E-state index in [1.807, 2.05) is 38.1 Å². The smallest absolute Gasteiger partial charge is 0.293 e. The number of aryl methyl sites for hydroxylation is 1. The zero-order valence-electron chi connectivity index (χ0n) is 17.3. The number of aromatic nitrogens is 2. The van der Waals surface area contributed by atoms with Crippen molar-refractivity contribution in [3.8, 4) is 5.75 Å². The number of hydrogen-bond acceptors (Lipinski definition) is 7. The van der Waals surface area contributed by atoms with Gasteiger partial charge in [-0.25, -0.2) is 0 Å². The quantitative estimate of drug-likeness (QED) is 0.568. The lowest BCUT2D eigenvalue weighted by Gasteiger charge is -2.22. The molecule has 0 bridgehead atoms. The second-order valence-electron chi connectivity index (χ2n) is 7.42. The fraction of sp³-hybridized carbons (Fsp3) is 0.286. The number of anilines is 2. The molecule has 2 heterocycles. The number of sulfonamides is 1. The molecule has 2 atom stereocenters. The maximum atomic E-state index is 13.3. The van der Waals surface area contributed by atoms with E-state index in [9.17, 15) is 13.2 Å². The summed E-state index contributed by atoms with van der Waals surface area (Å²) in [6.07, 6.45) is -0.161. The summed E-state index contributed by atoms with van der Waals surface area (Å²) in [5.41, 5.74) is 2.62. The zero-order valence-corrected chi connectivity index (χ0v) is 18.9. The van der Waals surface area contributed by atoms with E-state index in [0.29, 0.717) is 17.9 Å². The Balaban J connectivity index is 1.51. The maximum Gasteiger partial charge on any atom is 0.293 e. The first-order valence-corrected chi connectivity index (χ1v) is 12.0. The molecule has 0 saturated heterocycles. The topological polar surface area (TPSA) is 101 Å². The lowest BCUT2D eigenvalue weighted by Crippen LogP contribution is -2.35. The molecule has 0 saturated carbocycles. The van der Waals surface area contributed by atoms with Crippen LogP contribution in [0.3, 0.4) is 0 Å². The highest BCUT2D eigenvalue weighted by molar-refractivity contribution is 7.94. The van der Waals surface area contributed by atoms with Gasteiger partial charge in [-0.2, -0.15) is 8.42 Å². The van der Waals surface area contributed by atoms with Crippen LogP contribution >= 0.6 is 11.3 Å². The molecule has 0 fully saturated rings. The van der Waals surface area contributed by atoms with E-state index < -0.39 is 22.0 Å². The molecule has 3 aromatic rings. The summed E-state index contributed by atoms with van der Waals surface area (Å²) < 4.78 is 33.4. The minimum atomic E-state index is -3.91. The van der Waals surface area contributed by atoms with Gasteiger partial charge in [0.05, 0.1) is 5.69 Å². The first kappa shape index (κ1) is 21.3. The average molecular weight is 459 g/mol. The Morgan fingerprint density at radius 1 is 1.23 bits per heavy atom. The molecule has 4 rings (SSSR count). The predicted octanol–water partition coefficient (Wildman–Crippen LogP) is 3.39. The van der Waals surface area contributed by atoms with Crippen LogP contribution in [0.2, 0.25) is 0 Å². The van der Waals surface area contributed by atoms with Crippen molar-refractivity contribution in [1.82, 2.24) is 10.2 Å². The van der Waals surface area contributed by atoms with E-state index in [-0.39, 0.29) is 15.5 Å². The van der Waals surface area contributed by atoms with Crippen molar-refractivity contribution < 1.29 is 17.9 Å². The van der Waals surface area contributed by atoms with Gasteiger partial charge in [0.1, 0.15) is 5.75 Å². The molecule has 1 aliphatic rings. The third-order valence-corrected chi connectivity index (χ3v) is 8.05. The number of carbonyl (C=O) groups is 1. The Morgan fingerprint density at radius 2 is 1.97 bits per heavy atom. The number of fused-ring (bicyclic) bond motifs is 1. The van der Waals surface area contributed by atoms with E-state index in [1.165, 1.54) is 4.31 Å². The van der Waals surface area contributed by atoms with Gasteiger partial charge in [-0.05, 0) is 56.5 Å². The number of nitrogens with one attached hydrogen (secondary N) is 1. The highest BCUT2D eigenvalue weighted by Crippen LogP contribution is 2.38. The van der Waals surface area contributed by atoms with E-state index >= 15 is 0 Å². The monoisotopic (exact) mass is 458 g/mol. The Hall–Kier alpha value is -2.98. The molecular formula is C21H22N4O4S2. The molecule has 10 heteroatoms. The number of para-hydroxylation sites is 1. The number of carbonyl (C=O) groups excluding carboxylic acids is 1. The van der Waals surface area contributed by atoms with E-state index in [1.54, 1.807) is 31.2 Å². The third-order valence-electron chi connectivity index (χ3n) is 4.94. The molecule has 0 unspecified atom stereocenters. The van der Waals surface area contributed by atoms with Crippen molar-refractivity contribution >= 4 is 38.1 Å². The fourth-order valence-electron chi connectivity index (χ4n) is 3.47. The SMILES string of the molecule is Cc1ccc2c(c1)N(S(=O)(=O)c1nnc(NC(=O)[C@@H](C)Oc3ccccc3)s1)[C@H](C)C2. The Labute approximate surface area is 184 Å². The third kappa shape index (κ3) is 4.26. The Morgan fingerprint density at radius 3 is 2.71 bits per heavy atom. The molecule has 1 amide bonds. The number of nitrogens with zero attached hydrogens (tertiary/aromatic N) is 3. The number of rotatable bonds is 6. The first-order valence-electron chi connectivity index (χ1n) is 9.76. The maximum absolute atomic E-state index is 13.3. The van der Waals surface area contributed by atoms with Crippen molar-refractivity contribution in [3.63, 3.8) is 0 Å². The highest BCUT2D eigenvalue weighted by atomic mass is 32.2. The van der Waals surface area contributed by atoms with Gasteiger partial charge in [0, 0.05) is 6.04 Å². The molecule has 1 aliphatic heterocycles. The van der Waals surface area contributed by atoms with Crippen LogP contribution in [0, 0.1) is 6.92 Å². The van der Waals surface area contributed by atoms with Crippen molar-refractivity contribution in [2.24, 2.45) is 0 Å². The number of amides is 1. The molecule has 2 aromatic carbocycles. The van der Waals surface area contributed by atoms with Gasteiger partial charge in [-0.3, -0.25) is 14.4 Å². The van der Waals surface area contributed by atoms with Gasteiger partial charge in [-0.1, -0.05) is 41.7 Å². The molecule has 31 heavy (non-hydrogen) atoms. The van der Waals surface area contributed by atoms with Gasteiger partial charge in [0.2, 0.25) is 5.13 Å². The second kappa shape index (κ2) is 8.27. The lowest BCUT2D eigenvalue weighted by atomic mass is 10.1. The van der Waals surface area contributed by atoms with Gasteiger partial charge in [0.25, 0.3) is 20.3 Å². The standard InChI is InChI=1S/C21H22N4O4S2/c1-13-9-10-16-12-14(2)25(18(16)11-13)31(27,28)21-24-23-20(30-21)22-19(26)15(3)29-17-7-5-4-6-8-17/h4-11,14-15H,12H2,1-3H3,(H,22,23,26)/t14-,15-/m1/s1. The van der Waals surface area contributed by atoms with Crippen LogP contribution in [-0.4, -0.2) is 36.7 Å². The molecule has 1 aromatic heterocycles. The van der Waals surface area contributed by atoms with Gasteiger partial charge in [0.15, 0.2) is 6.10 Å². The van der Waals surface area contributed by atoms with Crippen LogP contribution in [0.5, 0.6) is 5.75 Å².